The third-order valence-electron chi connectivity index (χ3n) is 2.26. The van der Waals surface area contributed by atoms with Crippen LogP contribution in [0.3, 0.4) is 0 Å². The molecule has 0 spiro atoms. The van der Waals surface area contributed by atoms with Crippen LogP contribution in [-0.4, -0.2) is 10.8 Å². The number of carbonyl (C=O) groups is 1. The van der Waals surface area contributed by atoms with E-state index in [0.29, 0.717) is 14.9 Å². The summed E-state index contributed by atoms with van der Waals surface area (Å²) in [6, 6.07) is 5.15. The normalized spacial score (nSPS) is 10.5. The minimum absolute atomic E-state index is 0.0276. The predicted octanol–water partition coefficient (Wildman–Crippen LogP) is 4.18. The van der Waals surface area contributed by atoms with Gasteiger partial charge in [0.05, 0.1) is 9.88 Å². The lowest BCUT2D eigenvalue weighted by molar-refractivity contribution is 0.0996. The van der Waals surface area contributed by atoms with Crippen molar-refractivity contribution >= 4 is 40.3 Å². The second kappa shape index (κ2) is 5.17. The van der Waals surface area contributed by atoms with E-state index in [1.807, 2.05) is 6.92 Å². The van der Waals surface area contributed by atoms with Crippen molar-refractivity contribution in [3.8, 4) is 0 Å². The highest BCUT2D eigenvalue weighted by Crippen LogP contribution is 2.23. The molecule has 1 aromatic carbocycles. The van der Waals surface area contributed by atoms with Gasteiger partial charge in [-0.05, 0) is 24.6 Å². The van der Waals surface area contributed by atoms with Crippen LogP contribution in [0.1, 0.15) is 20.2 Å². The number of hydrogen-bond donors (Lipinski definition) is 0. The molecule has 2 nitrogen and oxygen atoms in total. The van der Waals surface area contributed by atoms with Crippen LogP contribution in [0.5, 0.6) is 0 Å². The van der Waals surface area contributed by atoms with Gasteiger partial charge in [0.25, 0.3) is 0 Å². The predicted molar refractivity (Wildman–Crippen MR) is 71.3 cm³/mol. The van der Waals surface area contributed by atoms with Crippen LogP contribution in [0.15, 0.2) is 24.4 Å². The fourth-order valence-electron chi connectivity index (χ4n) is 1.42. The molecule has 2 rings (SSSR count). The van der Waals surface area contributed by atoms with Gasteiger partial charge >= 0.3 is 0 Å². The Kier molecular flexibility index (Phi) is 3.82. The van der Waals surface area contributed by atoms with Crippen LogP contribution in [0.4, 0.5) is 0 Å². The number of halogens is 2. The average molecular weight is 286 g/mol. The molecule has 17 heavy (non-hydrogen) atoms. The van der Waals surface area contributed by atoms with Crippen molar-refractivity contribution in [3.63, 3.8) is 0 Å². The zero-order chi connectivity index (χ0) is 12.4. The van der Waals surface area contributed by atoms with Crippen LogP contribution in [0.25, 0.3) is 0 Å². The Hall–Kier alpha value is -0.900. The van der Waals surface area contributed by atoms with Crippen LogP contribution in [0, 0.1) is 6.92 Å². The maximum absolute atomic E-state index is 11.9. The standard InChI is InChI=1S/C12H9Cl2NOS/c1-7-15-6-12(17-7)11(16)4-8-2-3-9(13)5-10(8)14/h2-3,5-6H,4H2,1H3. The quantitative estimate of drug-likeness (QED) is 0.792. The summed E-state index contributed by atoms with van der Waals surface area (Å²) in [6.45, 7) is 1.87. The topological polar surface area (TPSA) is 30.0 Å². The summed E-state index contributed by atoms with van der Waals surface area (Å²) in [4.78, 5) is 16.7. The summed E-state index contributed by atoms with van der Waals surface area (Å²) in [7, 11) is 0. The SMILES string of the molecule is Cc1ncc(C(=O)Cc2ccc(Cl)cc2Cl)s1. The van der Waals surface area contributed by atoms with E-state index in [0.717, 1.165) is 10.6 Å². The van der Waals surface area contributed by atoms with Crippen LogP contribution in [0.2, 0.25) is 10.0 Å². The van der Waals surface area contributed by atoms with Crippen LogP contribution < -0.4 is 0 Å². The van der Waals surface area contributed by atoms with Gasteiger partial charge in [0.1, 0.15) is 0 Å². The number of aryl methyl sites for hydroxylation is 1. The molecule has 2 aromatic rings. The summed E-state index contributed by atoms with van der Waals surface area (Å²) >= 11 is 13.2. The maximum atomic E-state index is 11.9. The summed E-state index contributed by atoms with van der Waals surface area (Å²) in [6.07, 6.45) is 1.88. The number of ketones is 1. The molecule has 5 heteroatoms. The first kappa shape index (κ1) is 12.6. The van der Waals surface area contributed by atoms with Crippen molar-refractivity contribution in [1.82, 2.24) is 4.98 Å². The molecule has 0 fully saturated rings. The average Bonchev–Trinajstić information content (AvgIpc) is 2.69. The molecule has 0 radical (unpaired) electrons. The summed E-state index contributed by atoms with van der Waals surface area (Å²) in [5.74, 6) is 0.0276. The highest BCUT2D eigenvalue weighted by atomic mass is 35.5. The zero-order valence-electron chi connectivity index (χ0n) is 9.04. The lowest BCUT2D eigenvalue weighted by Gasteiger charge is -2.02. The van der Waals surface area contributed by atoms with Gasteiger partial charge in [0, 0.05) is 22.7 Å². The van der Waals surface area contributed by atoms with E-state index in [9.17, 15) is 4.79 Å². The molecule has 0 saturated heterocycles. The Labute approximate surface area is 113 Å². The summed E-state index contributed by atoms with van der Waals surface area (Å²) in [5, 5.41) is 1.97. The molecule has 0 atom stereocenters. The summed E-state index contributed by atoms with van der Waals surface area (Å²) in [5.41, 5.74) is 0.784. The maximum Gasteiger partial charge on any atom is 0.178 e. The molecular weight excluding hydrogens is 277 g/mol. The largest absolute Gasteiger partial charge is 0.293 e. The van der Waals surface area contributed by atoms with E-state index in [1.54, 1.807) is 24.4 Å². The molecule has 0 saturated carbocycles. The Morgan fingerprint density at radius 2 is 2.18 bits per heavy atom. The number of benzene rings is 1. The molecule has 88 valence electrons. The van der Waals surface area contributed by atoms with Gasteiger partial charge in [0.2, 0.25) is 0 Å². The minimum Gasteiger partial charge on any atom is -0.293 e. The molecule has 0 aliphatic carbocycles. The Morgan fingerprint density at radius 3 is 2.76 bits per heavy atom. The first-order valence-electron chi connectivity index (χ1n) is 4.96. The van der Waals surface area contributed by atoms with Gasteiger partial charge in [-0.25, -0.2) is 4.98 Å². The van der Waals surface area contributed by atoms with E-state index in [2.05, 4.69) is 4.98 Å². The highest BCUT2D eigenvalue weighted by Gasteiger charge is 2.12. The van der Waals surface area contributed by atoms with Crippen LogP contribution >= 0.6 is 34.5 Å². The van der Waals surface area contributed by atoms with Gasteiger partial charge in [-0.1, -0.05) is 29.3 Å². The smallest absolute Gasteiger partial charge is 0.178 e. The van der Waals surface area contributed by atoms with Crippen molar-refractivity contribution in [2.24, 2.45) is 0 Å². The molecular formula is C12H9Cl2NOS. The molecule has 1 aromatic heterocycles. The molecule has 1 heterocycles. The van der Waals surface area contributed by atoms with Gasteiger partial charge < -0.3 is 0 Å². The fourth-order valence-corrected chi connectivity index (χ4v) is 2.61. The minimum atomic E-state index is 0.0276. The number of rotatable bonds is 3. The number of aromatic nitrogens is 1. The fraction of sp³-hybridized carbons (Fsp3) is 0.167. The van der Waals surface area contributed by atoms with Gasteiger partial charge in [-0.3, -0.25) is 4.79 Å². The van der Waals surface area contributed by atoms with Gasteiger partial charge in [-0.15, -0.1) is 11.3 Å². The number of thiazole rings is 1. The lowest BCUT2D eigenvalue weighted by atomic mass is 10.1. The molecule has 0 N–H and O–H groups in total. The van der Waals surface area contributed by atoms with Crippen molar-refractivity contribution in [1.29, 1.82) is 0 Å². The highest BCUT2D eigenvalue weighted by molar-refractivity contribution is 7.13. The molecule has 0 unspecified atom stereocenters. The Bertz CT molecular complexity index is 565. The molecule has 0 aliphatic rings. The van der Waals surface area contributed by atoms with E-state index in [1.165, 1.54) is 11.3 Å². The number of carbonyl (C=O) groups excluding carboxylic acids is 1. The van der Waals surface area contributed by atoms with Gasteiger partial charge in [-0.2, -0.15) is 0 Å². The van der Waals surface area contributed by atoms with Crippen molar-refractivity contribution in [2.75, 3.05) is 0 Å². The number of nitrogens with zero attached hydrogens (tertiary/aromatic N) is 1. The Balaban J connectivity index is 2.18. The molecule has 0 bridgehead atoms. The van der Waals surface area contributed by atoms with Crippen molar-refractivity contribution in [3.05, 3.63) is 49.9 Å². The molecule has 0 aliphatic heterocycles. The zero-order valence-corrected chi connectivity index (χ0v) is 11.4. The summed E-state index contributed by atoms with van der Waals surface area (Å²) < 4.78 is 0. The second-order valence-electron chi connectivity index (χ2n) is 3.58. The monoisotopic (exact) mass is 285 g/mol. The van der Waals surface area contributed by atoms with Crippen molar-refractivity contribution in [2.45, 2.75) is 13.3 Å². The lowest BCUT2D eigenvalue weighted by Crippen LogP contribution is -2.01. The van der Waals surface area contributed by atoms with Crippen molar-refractivity contribution < 1.29 is 4.79 Å². The first-order valence-corrected chi connectivity index (χ1v) is 6.53. The van der Waals surface area contributed by atoms with Crippen LogP contribution in [-0.2, 0) is 6.42 Å². The van der Waals surface area contributed by atoms with E-state index in [-0.39, 0.29) is 12.2 Å². The number of hydrogen-bond acceptors (Lipinski definition) is 3. The molecule has 0 amide bonds. The number of Topliss-reactive ketones (excluding diaryl/α,β-unsaturated/α-hetero) is 1. The third-order valence-corrected chi connectivity index (χ3v) is 3.80. The second-order valence-corrected chi connectivity index (χ2v) is 5.66. The third kappa shape index (κ3) is 3.06. The van der Waals surface area contributed by atoms with Gasteiger partial charge in [0.15, 0.2) is 5.78 Å². The van der Waals surface area contributed by atoms with E-state index >= 15 is 0 Å². The Morgan fingerprint density at radius 1 is 1.41 bits per heavy atom. The first-order chi connectivity index (χ1) is 8.06. The van der Waals surface area contributed by atoms with E-state index < -0.39 is 0 Å². The van der Waals surface area contributed by atoms with E-state index in [4.69, 9.17) is 23.2 Å².